The summed E-state index contributed by atoms with van der Waals surface area (Å²) in [6.07, 6.45) is 3.09. The van der Waals surface area contributed by atoms with Crippen molar-refractivity contribution in [1.29, 1.82) is 0 Å². The van der Waals surface area contributed by atoms with E-state index in [9.17, 15) is 13.2 Å². The molecule has 0 unspecified atom stereocenters. The number of hydrogen-bond acceptors (Lipinski definition) is 6. The van der Waals surface area contributed by atoms with Gasteiger partial charge in [0.25, 0.3) is 5.91 Å². The molecule has 0 spiro atoms. The third-order valence-corrected chi connectivity index (χ3v) is 5.64. The van der Waals surface area contributed by atoms with Crippen LogP contribution < -0.4 is 10.3 Å². The van der Waals surface area contributed by atoms with Crippen molar-refractivity contribution in [3.63, 3.8) is 0 Å². The van der Waals surface area contributed by atoms with Crippen molar-refractivity contribution in [3.05, 3.63) is 66.0 Å². The number of pyridine rings is 1. The van der Waals surface area contributed by atoms with Crippen LogP contribution in [0.1, 0.15) is 11.1 Å². The maximum atomic E-state index is 12.3. The molecule has 1 aromatic heterocycles. The molecule has 0 saturated heterocycles. The molecule has 11 heteroatoms. The van der Waals surface area contributed by atoms with Crippen molar-refractivity contribution in [1.82, 2.24) is 25.3 Å². The Bertz CT molecular complexity index is 953. The molecule has 1 amide bonds. The zero-order valence-corrected chi connectivity index (χ0v) is 17.6. The van der Waals surface area contributed by atoms with Crippen LogP contribution in [0.2, 0.25) is 0 Å². The Balaban J connectivity index is 1.93. The van der Waals surface area contributed by atoms with Crippen LogP contribution in [0.5, 0.6) is 0 Å². The van der Waals surface area contributed by atoms with Crippen molar-refractivity contribution < 1.29 is 13.2 Å². The second-order valence-corrected chi connectivity index (χ2v) is 8.20. The first-order chi connectivity index (χ1) is 13.2. The predicted molar refractivity (Wildman–Crippen MR) is 115 cm³/mol. The van der Waals surface area contributed by atoms with Gasteiger partial charge in [-0.25, -0.2) is 8.42 Å². The lowest BCUT2D eigenvalue weighted by atomic mass is 10.2. The van der Waals surface area contributed by atoms with Gasteiger partial charge in [-0.3, -0.25) is 25.2 Å². The lowest BCUT2D eigenvalue weighted by Gasteiger charge is -2.23. The lowest BCUT2D eigenvalue weighted by molar-refractivity contribution is -0.121. The monoisotopic (exact) mass is 437 g/mol. The number of hydrogen-bond donors (Lipinski definition) is 2. The number of sulfonamides is 1. The molecule has 1 aromatic carbocycles. The Morgan fingerprint density at radius 1 is 1.00 bits per heavy atom. The van der Waals surface area contributed by atoms with Crippen LogP contribution in [0, 0.1) is 0 Å². The summed E-state index contributed by atoms with van der Waals surface area (Å²) in [6, 6.07) is 12.4. The molecule has 8 nitrogen and oxygen atoms in total. The average molecular weight is 438 g/mol. The maximum Gasteiger partial charge on any atom is 0.255 e. The first-order valence-electron chi connectivity index (χ1n) is 8.00. The number of carbonyl (C=O) groups is 1. The summed E-state index contributed by atoms with van der Waals surface area (Å²) in [5.41, 5.74) is 3.74. The number of benzene rings is 1. The van der Waals surface area contributed by atoms with Crippen molar-refractivity contribution in [2.24, 2.45) is 0 Å². The van der Waals surface area contributed by atoms with Gasteiger partial charge < -0.3 is 0 Å². The summed E-state index contributed by atoms with van der Waals surface area (Å²) < 4.78 is 24.5. The smallest absolute Gasteiger partial charge is 0.255 e. The van der Waals surface area contributed by atoms with Crippen LogP contribution in [0.3, 0.4) is 0 Å². The highest BCUT2D eigenvalue weighted by atomic mass is 32.2. The van der Waals surface area contributed by atoms with Gasteiger partial charge in [-0.15, -0.1) is 4.83 Å². The molecule has 0 aliphatic carbocycles. The Morgan fingerprint density at radius 3 is 2.21 bits per heavy atom. The molecule has 1 heterocycles. The second-order valence-electron chi connectivity index (χ2n) is 5.72. The van der Waals surface area contributed by atoms with Gasteiger partial charge in [-0.1, -0.05) is 54.8 Å². The van der Waals surface area contributed by atoms with Crippen LogP contribution in [0.25, 0.3) is 0 Å². The van der Waals surface area contributed by atoms with Crippen molar-refractivity contribution in [2.45, 2.75) is 0 Å². The van der Waals surface area contributed by atoms with Gasteiger partial charge in [0.1, 0.15) is 15.7 Å². The van der Waals surface area contributed by atoms with Gasteiger partial charge in [-0.2, -0.15) is 0 Å². The van der Waals surface area contributed by atoms with E-state index in [2.05, 4.69) is 15.2 Å². The van der Waals surface area contributed by atoms with E-state index < -0.39 is 21.7 Å². The fraction of sp³-hybridized carbons (Fsp3) is 0.176. The highest BCUT2D eigenvalue weighted by molar-refractivity contribution is 7.90. The van der Waals surface area contributed by atoms with Gasteiger partial charge >= 0.3 is 0 Å². The second kappa shape index (κ2) is 9.64. The third-order valence-electron chi connectivity index (χ3n) is 3.43. The zero-order chi connectivity index (χ0) is 20.7. The SMILES string of the molecule is CN(NC(=O)CS(=O)(=O)NN(C)C(=S)c1cccnc1)C(=S)c1ccccc1. The summed E-state index contributed by atoms with van der Waals surface area (Å²) in [5.74, 6) is -1.54. The van der Waals surface area contributed by atoms with E-state index >= 15 is 0 Å². The Hall–Kier alpha value is -2.47. The number of amides is 1. The molecular formula is C17H19N5O3S3. The minimum atomic E-state index is -3.98. The molecule has 0 aliphatic heterocycles. The number of nitrogens with zero attached hydrogens (tertiary/aromatic N) is 3. The fourth-order valence-electron chi connectivity index (χ4n) is 2.18. The summed E-state index contributed by atoms with van der Waals surface area (Å²) in [6.45, 7) is 0. The molecule has 28 heavy (non-hydrogen) atoms. The van der Waals surface area contributed by atoms with Crippen LogP contribution >= 0.6 is 24.4 Å². The molecule has 0 saturated carbocycles. The molecule has 2 N–H and O–H groups in total. The quantitative estimate of drug-likeness (QED) is 0.508. The van der Waals surface area contributed by atoms with Crippen molar-refractivity contribution in [2.75, 3.05) is 19.8 Å². The average Bonchev–Trinajstić information content (AvgIpc) is 2.67. The van der Waals surface area contributed by atoms with Crippen molar-refractivity contribution in [3.8, 4) is 0 Å². The Kier molecular flexibility index (Phi) is 7.52. The van der Waals surface area contributed by atoms with E-state index in [0.29, 0.717) is 10.6 Å². The molecule has 148 valence electrons. The van der Waals surface area contributed by atoms with Gasteiger partial charge in [0.05, 0.1) is 0 Å². The fourth-order valence-corrected chi connectivity index (χ4v) is 3.57. The predicted octanol–water partition coefficient (Wildman–Crippen LogP) is 0.862. The summed E-state index contributed by atoms with van der Waals surface area (Å²) >= 11 is 10.5. The number of aromatic nitrogens is 1. The van der Waals surface area contributed by atoms with E-state index in [0.717, 1.165) is 10.6 Å². The molecule has 0 atom stereocenters. The van der Waals surface area contributed by atoms with E-state index in [1.807, 2.05) is 18.2 Å². The van der Waals surface area contributed by atoms with Gasteiger partial charge in [0, 0.05) is 37.6 Å². The number of rotatable bonds is 6. The van der Waals surface area contributed by atoms with E-state index in [4.69, 9.17) is 24.4 Å². The minimum Gasteiger partial charge on any atom is -0.287 e. The largest absolute Gasteiger partial charge is 0.287 e. The molecule has 0 radical (unpaired) electrons. The standard InChI is InChI=1S/C17H19N5O3S3/c1-21(16(26)13-7-4-3-5-8-13)19-15(23)12-28(24,25)20-22(2)17(27)14-9-6-10-18-11-14/h3-11,20H,12H2,1-2H3,(H,19,23). The summed E-state index contributed by atoms with van der Waals surface area (Å²) in [4.78, 5) is 18.9. The topological polar surface area (TPSA) is 94.6 Å². The van der Waals surface area contributed by atoms with E-state index in [1.54, 1.807) is 30.5 Å². The minimum absolute atomic E-state index is 0.222. The Labute approximate surface area is 174 Å². The van der Waals surface area contributed by atoms with Gasteiger partial charge in [-0.05, 0) is 12.1 Å². The van der Waals surface area contributed by atoms with E-state index in [-0.39, 0.29) is 4.99 Å². The summed E-state index contributed by atoms with van der Waals surface area (Å²) in [5, 5.41) is 2.44. The number of carbonyl (C=O) groups excluding carboxylic acids is 1. The zero-order valence-electron chi connectivity index (χ0n) is 15.2. The molecule has 2 rings (SSSR count). The molecule has 0 bridgehead atoms. The first-order valence-corrected chi connectivity index (χ1v) is 10.5. The molecule has 0 aliphatic rings. The highest BCUT2D eigenvalue weighted by Crippen LogP contribution is 2.04. The van der Waals surface area contributed by atoms with Gasteiger partial charge in [0.15, 0.2) is 0 Å². The van der Waals surface area contributed by atoms with Crippen LogP contribution in [-0.2, 0) is 14.8 Å². The van der Waals surface area contributed by atoms with Crippen LogP contribution in [-0.4, -0.2) is 59.2 Å². The highest BCUT2D eigenvalue weighted by Gasteiger charge is 2.21. The molecular weight excluding hydrogens is 418 g/mol. The van der Waals surface area contributed by atoms with Crippen LogP contribution in [0.15, 0.2) is 54.9 Å². The normalized spacial score (nSPS) is 10.8. The van der Waals surface area contributed by atoms with Gasteiger partial charge in [0.2, 0.25) is 10.0 Å². The lowest BCUT2D eigenvalue weighted by Crippen LogP contribution is -2.49. The maximum absolute atomic E-state index is 12.3. The molecule has 2 aromatic rings. The van der Waals surface area contributed by atoms with E-state index in [1.165, 1.54) is 25.3 Å². The Morgan fingerprint density at radius 2 is 1.61 bits per heavy atom. The number of hydrazine groups is 2. The number of thiocarbonyl (C=S) groups is 2. The van der Waals surface area contributed by atoms with Crippen LogP contribution in [0.4, 0.5) is 0 Å². The first kappa shape index (κ1) is 21.8. The molecule has 0 fully saturated rings. The number of nitrogens with one attached hydrogen (secondary N) is 2. The van der Waals surface area contributed by atoms with Crippen molar-refractivity contribution >= 4 is 50.3 Å². The summed E-state index contributed by atoms with van der Waals surface area (Å²) in [7, 11) is -0.998. The third kappa shape index (κ3) is 6.30.